The molecule has 10 heteroatoms. The maximum absolute atomic E-state index is 14.0. The number of alkyl carbamates (subject to hydrolysis) is 1. The topological polar surface area (TPSA) is 126 Å². The molecule has 0 aliphatic carbocycles. The van der Waals surface area contributed by atoms with Crippen LogP contribution in [0.5, 0.6) is 0 Å². The number of hydrogen-bond acceptors (Lipinski definition) is 7. The van der Waals surface area contributed by atoms with E-state index < -0.39 is 35.2 Å². The summed E-state index contributed by atoms with van der Waals surface area (Å²) in [7, 11) is 0. The highest BCUT2D eigenvalue weighted by Gasteiger charge is 2.35. The minimum Gasteiger partial charge on any atom is -0.464 e. The largest absolute Gasteiger partial charge is 0.464 e. The van der Waals surface area contributed by atoms with E-state index in [4.69, 9.17) is 9.47 Å². The first kappa shape index (κ1) is 34.2. The Morgan fingerprint density at radius 3 is 2.69 bits per heavy atom. The van der Waals surface area contributed by atoms with E-state index >= 15 is 0 Å². The van der Waals surface area contributed by atoms with Gasteiger partial charge < -0.3 is 19.8 Å². The van der Waals surface area contributed by atoms with E-state index in [9.17, 15) is 14.4 Å². The summed E-state index contributed by atoms with van der Waals surface area (Å²) in [5.41, 5.74) is 10.3. The third-order valence-electron chi connectivity index (χ3n) is 9.15. The van der Waals surface area contributed by atoms with Crippen LogP contribution in [0.15, 0.2) is 60.9 Å². The van der Waals surface area contributed by atoms with Crippen molar-refractivity contribution in [2.45, 2.75) is 91.3 Å². The molecule has 2 aliphatic heterocycles. The summed E-state index contributed by atoms with van der Waals surface area (Å²) in [5.74, 6) is -0.749. The van der Waals surface area contributed by atoms with Crippen LogP contribution in [0.3, 0.4) is 0 Å². The summed E-state index contributed by atoms with van der Waals surface area (Å²) in [6, 6.07) is 14.9. The number of hydrazine groups is 1. The second-order valence-electron chi connectivity index (χ2n) is 15.0. The van der Waals surface area contributed by atoms with Gasteiger partial charge in [-0.05, 0) is 92.5 Å². The number of H-pyrrole nitrogens is 1. The molecule has 0 saturated carbocycles. The van der Waals surface area contributed by atoms with Crippen molar-refractivity contribution in [1.82, 2.24) is 25.7 Å². The van der Waals surface area contributed by atoms with Gasteiger partial charge in [0.1, 0.15) is 17.7 Å². The van der Waals surface area contributed by atoms with Gasteiger partial charge in [0, 0.05) is 47.2 Å². The van der Waals surface area contributed by atoms with E-state index in [-0.39, 0.29) is 18.9 Å². The molecule has 4 heterocycles. The van der Waals surface area contributed by atoms with E-state index in [1.807, 2.05) is 24.5 Å². The molecule has 4 aromatic rings. The lowest BCUT2D eigenvalue weighted by atomic mass is 9.84. The Morgan fingerprint density at radius 2 is 1.92 bits per heavy atom. The maximum atomic E-state index is 14.0. The number of benzene rings is 2. The summed E-state index contributed by atoms with van der Waals surface area (Å²) < 4.78 is 11.5. The van der Waals surface area contributed by atoms with Crippen molar-refractivity contribution in [3.63, 3.8) is 0 Å². The summed E-state index contributed by atoms with van der Waals surface area (Å²) in [6.45, 7) is 12.3. The second kappa shape index (κ2) is 13.7. The molecule has 2 amide bonds. The highest BCUT2D eigenvalue weighted by Crippen LogP contribution is 2.38. The number of hydrogen-bond donors (Lipinski definition) is 3. The number of pyridine rings is 1. The Labute approximate surface area is 287 Å². The normalized spacial score (nSPS) is 20.0. The predicted molar refractivity (Wildman–Crippen MR) is 190 cm³/mol. The highest BCUT2D eigenvalue weighted by atomic mass is 16.6. The maximum Gasteiger partial charge on any atom is 0.408 e. The van der Waals surface area contributed by atoms with Crippen LogP contribution in [-0.2, 0) is 38.3 Å². The van der Waals surface area contributed by atoms with Crippen molar-refractivity contribution in [3.8, 4) is 22.4 Å². The lowest BCUT2D eigenvalue weighted by molar-refractivity contribution is -0.155. The molecular weight excluding hydrogens is 618 g/mol. The van der Waals surface area contributed by atoms with Crippen LogP contribution in [0.4, 0.5) is 4.79 Å². The van der Waals surface area contributed by atoms with Crippen LogP contribution in [0.25, 0.3) is 33.3 Å². The lowest BCUT2D eigenvalue weighted by Gasteiger charge is -2.35. The quantitative estimate of drug-likeness (QED) is 0.213. The lowest BCUT2D eigenvalue weighted by Crippen LogP contribution is -2.60. The summed E-state index contributed by atoms with van der Waals surface area (Å²) in [6.07, 6.45) is 5.96. The number of ether oxygens (including phenoxy) is 2. The number of aromatic amines is 1. The van der Waals surface area contributed by atoms with Gasteiger partial charge >= 0.3 is 12.1 Å². The average molecular weight is 666 g/mol. The van der Waals surface area contributed by atoms with Crippen molar-refractivity contribution in [2.24, 2.45) is 5.41 Å². The zero-order valence-electron chi connectivity index (χ0n) is 29.3. The predicted octanol–water partition coefficient (Wildman–Crippen LogP) is 6.52. The highest BCUT2D eigenvalue weighted by molar-refractivity contribution is 5.94. The summed E-state index contributed by atoms with van der Waals surface area (Å²) >= 11 is 0. The number of aromatic nitrogens is 2. The minimum absolute atomic E-state index is 0.197. The fourth-order valence-corrected chi connectivity index (χ4v) is 6.76. The van der Waals surface area contributed by atoms with Crippen molar-refractivity contribution in [2.75, 3.05) is 13.2 Å². The van der Waals surface area contributed by atoms with Crippen molar-refractivity contribution in [3.05, 3.63) is 77.6 Å². The van der Waals surface area contributed by atoms with Crippen molar-refractivity contribution >= 4 is 28.9 Å². The molecule has 2 atom stereocenters. The van der Waals surface area contributed by atoms with Gasteiger partial charge in [0.05, 0.1) is 12.3 Å². The number of cyclic esters (lactones) is 1. The van der Waals surface area contributed by atoms with Gasteiger partial charge in [0.25, 0.3) is 5.91 Å². The number of amides is 2. The third kappa shape index (κ3) is 7.80. The van der Waals surface area contributed by atoms with Crippen LogP contribution < -0.4 is 10.7 Å². The zero-order chi connectivity index (χ0) is 34.9. The van der Waals surface area contributed by atoms with Gasteiger partial charge in [-0.2, -0.15) is 0 Å². The average Bonchev–Trinajstić information content (AvgIpc) is 3.42. The summed E-state index contributed by atoms with van der Waals surface area (Å²) in [5, 5.41) is 5.35. The SMILES string of the molecule is CCc1ccncc1-c1[nH]c2ccc3cc2c1CC(C)(C)COC(=O)[C@@H]1CCCN(N1)C(=O)[C@@H](NC(=O)OC(C)(C)C)Cc1cccc-3c1. The molecule has 0 unspecified atom stereocenters. The van der Waals surface area contributed by atoms with E-state index in [1.165, 1.54) is 10.6 Å². The first-order valence-electron chi connectivity index (χ1n) is 17.2. The molecule has 2 aromatic carbocycles. The molecule has 258 valence electrons. The standard InChI is InChI=1S/C39H47N5O5/c1-7-25-15-16-40-22-30(25)34-29-21-39(5,6)23-48-36(46)32-12-9-17-44(43-32)35(45)33(42-37(47)49-38(2,3)4)19-24-10-8-11-26(18-24)27-13-14-31(41-34)28(29)20-27/h8,10-11,13-16,18,20,22,32-33,41,43H,7,9,12,17,19,21,23H2,1-6H3,(H,42,47)/t32-,33-/m0/s1. The molecule has 1 fully saturated rings. The molecule has 6 bridgehead atoms. The van der Waals surface area contributed by atoms with Crippen LogP contribution in [-0.4, -0.2) is 63.8 Å². The Kier molecular flexibility index (Phi) is 9.53. The summed E-state index contributed by atoms with van der Waals surface area (Å²) in [4.78, 5) is 48.6. The molecular formula is C39H47N5O5. The van der Waals surface area contributed by atoms with Gasteiger partial charge in [0.2, 0.25) is 0 Å². The van der Waals surface area contributed by atoms with Gasteiger partial charge in [-0.15, -0.1) is 0 Å². The number of rotatable bonds is 3. The van der Waals surface area contributed by atoms with Crippen LogP contribution in [0, 0.1) is 5.41 Å². The van der Waals surface area contributed by atoms with Crippen LogP contribution >= 0.6 is 0 Å². The van der Waals surface area contributed by atoms with Gasteiger partial charge in [0.15, 0.2) is 0 Å². The number of carbonyl (C=O) groups is 3. The Morgan fingerprint density at radius 1 is 1.12 bits per heavy atom. The Balaban J connectivity index is 1.46. The minimum atomic E-state index is -0.932. The molecule has 0 spiro atoms. The first-order valence-corrected chi connectivity index (χ1v) is 17.2. The number of aryl methyl sites for hydroxylation is 1. The van der Waals surface area contributed by atoms with Crippen LogP contribution in [0.1, 0.15) is 71.1 Å². The number of carbonyl (C=O) groups excluding carboxylic acids is 3. The van der Waals surface area contributed by atoms with Crippen LogP contribution in [0.2, 0.25) is 0 Å². The fourth-order valence-electron chi connectivity index (χ4n) is 6.76. The zero-order valence-corrected chi connectivity index (χ0v) is 29.3. The molecule has 3 N–H and O–H groups in total. The molecule has 2 aromatic heterocycles. The van der Waals surface area contributed by atoms with E-state index in [0.717, 1.165) is 50.8 Å². The van der Waals surface area contributed by atoms with Crippen molar-refractivity contribution in [1.29, 1.82) is 0 Å². The van der Waals surface area contributed by atoms with Crippen molar-refractivity contribution < 1.29 is 23.9 Å². The molecule has 10 nitrogen and oxygen atoms in total. The number of esters is 1. The molecule has 49 heavy (non-hydrogen) atoms. The van der Waals surface area contributed by atoms with E-state index in [2.05, 4.69) is 77.9 Å². The van der Waals surface area contributed by atoms with E-state index in [0.29, 0.717) is 25.8 Å². The molecule has 1 saturated heterocycles. The van der Waals surface area contributed by atoms with Gasteiger partial charge in [-0.25, -0.2) is 10.2 Å². The van der Waals surface area contributed by atoms with Gasteiger partial charge in [-0.3, -0.25) is 19.6 Å². The van der Waals surface area contributed by atoms with E-state index in [1.54, 1.807) is 20.8 Å². The number of nitrogens with zero attached hydrogens (tertiary/aromatic N) is 2. The molecule has 2 aliphatic rings. The number of fused-ring (bicyclic) bond motifs is 6. The number of nitrogens with one attached hydrogen (secondary N) is 3. The third-order valence-corrected chi connectivity index (χ3v) is 9.15. The molecule has 0 radical (unpaired) electrons. The fraction of sp³-hybridized carbons (Fsp3) is 0.436. The first-order chi connectivity index (χ1) is 23.3. The monoisotopic (exact) mass is 665 g/mol. The Hall–Kier alpha value is -4.70. The second-order valence-corrected chi connectivity index (χ2v) is 15.0. The van der Waals surface area contributed by atoms with Gasteiger partial charge in [-0.1, -0.05) is 51.1 Å². The smallest absolute Gasteiger partial charge is 0.408 e. The Bertz CT molecular complexity index is 1870. The molecule has 6 rings (SSSR count).